The van der Waals surface area contributed by atoms with Gasteiger partial charge < -0.3 is 5.32 Å². The highest BCUT2D eigenvalue weighted by molar-refractivity contribution is 4.90. The molecular weight excluding hydrogens is 236 g/mol. The van der Waals surface area contributed by atoms with Crippen molar-refractivity contribution in [3.63, 3.8) is 0 Å². The summed E-state index contributed by atoms with van der Waals surface area (Å²) < 4.78 is 2.06. The summed E-state index contributed by atoms with van der Waals surface area (Å²) in [7, 11) is 0. The van der Waals surface area contributed by atoms with E-state index in [0.717, 1.165) is 31.8 Å². The van der Waals surface area contributed by atoms with Crippen molar-refractivity contribution in [3.05, 3.63) is 12.2 Å². The van der Waals surface area contributed by atoms with E-state index in [4.69, 9.17) is 0 Å². The smallest absolute Gasteiger partial charge is 0.138 e. The zero-order valence-corrected chi connectivity index (χ0v) is 12.9. The Morgan fingerprint density at radius 2 is 2.00 bits per heavy atom. The summed E-state index contributed by atoms with van der Waals surface area (Å²) in [5.74, 6) is 1.13. The molecule has 0 fully saturated rings. The Balaban J connectivity index is 2.51. The topological polar surface area (TPSA) is 42.7 Å². The molecular formula is C15H30N4. The van der Waals surface area contributed by atoms with Crippen LogP contribution in [0.15, 0.2) is 6.33 Å². The zero-order chi connectivity index (χ0) is 13.9. The van der Waals surface area contributed by atoms with Gasteiger partial charge in [0, 0.05) is 19.0 Å². The summed E-state index contributed by atoms with van der Waals surface area (Å²) in [6, 6.07) is 0.548. The molecule has 4 nitrogen and oxygen atoms in total. The van der Waals surface area contributed by atoms with Crippen molar-refractivity contribution in [1.82, 2.24) is 20.1 Å². The maximum absolute atomic E-state index is 4.42. The largest absolute Gasteiger partial charge is 0.314 e. The molecule has 4 heteroatoms. The molecule has 0 bridgehead atoms. The van der Waals surface area contributed by atoms with E-state index < -0.39 is 0 Å². The summed E-state index contributed by atoms with van der Waals surface area (Å²) in [5, 5.41) is 7.97. The van der Waals surface area contributed by atoms with E-state index in [1.54, 1.807) is 6.33 Å². The first-order valence-corrected chi connectivity index (χ1v) is 7.91. The standard InChI is InChI=1S/C15H30N4/c1-4-7-8-9-14(16-10-5-2)12-15-17-13-18-19(15)11-6-3/h13-14,16H,4-12H2,1-3H3. The van der Waals surface area contributed by atoms with Gasteiger partial charge in [-0.15, -0.1) is 0 Å². The first-order valence-electron chi connectivity index (χ1n) is 7.91. The molecule has 1 unspecified atom stereocenters. The number of nitrogens with one attached hydrogen (secondary N) is 1. The van der Waals surface area contributed by atoms with Crippen LogP contribution in [0.1, 0.15) is 65.1 Å². The molecule has 19 heavy (non-hydrogen) atoms. The summed E-state index contributed by atoms with van der Waals surface area (Å²) in [4.78, 5) is 4.42. The molecule has 1 rings (SSSR count). The molecule has 1 atom stereocenters. The number of rotatable bonds is 11. The number of aromatic nitrogens is 3. The minimum atomic E-state index is 0.548. The summed E-state index contributed by atoms with van der Waals surface area (Å²) in [6.45, 7) is 8.73. The molecule has 0 aromatic carbocycles. The first-order chi connectivity index (χ1) is 9.31. The predicted octanol–water partition coefficient (Wildman–Crippen LogP) is 3.18. The van der Waals surface area contributed by atoms with Crippen molar-refractivity contribution in [3.8, 4) is 0 Å². The molecule has 0 amide bonds. The second-order valence-corrected chi connectivity index (χ2v) is 5.25. The van der Waals surface area contributed by atoms with Gasteiger partial charge in [0.15, 0.2) is 0 Å². The monoisotopic (exact) mass is 266 g/mol. The van der Waals surface area contributed by atoms with Crippen LogP contribution in [-0.4, -0.2) is 27.4 Å². The van der Waals surface area contributed by atoms with E-state index in [2.05, 4.69) is 40.9 Å². The fraction of sp³-hybridized carbons (Fsp3) is 0.867. The van der Waals surface area contributed by atoms with Crippen LogP contribution in [0.5, 0.6) is 0 Å². The van der Waals surface area contributed by atoms with E-state index in [1.807, 2.05) is 0 Å². The third-order valence-electron chi connectivity index (χ3n) is 3.40. The molecule has 1 heterocycles. The van der Waals surface area contributed by atoms with Gasteiger partial charge in [-0.1, -0.05) is 40.0 Å². The molecule has 1 aromatic heterocycles. The van der Waals surface area contributed by atoms with E-state index in [1.165, 1.54) is 32.1 Å². The molecule has 0 radical (unpaired) electrons. The van der Waals surface area contributed by atoms with E-state index in [-0.39, 0.29) is 0 Å². The Labute approximate surface area is 118 Å². The predicted molar refractivity (Wildman–Crippen MR) is 80.2 cm³/mol. The van der Waals surface area contributed by atoms with Gasteiger partial charge in [0.1, 0.15) is 12.2 Å². The fourth-order valence-corrected chi connectivity index (χ4v) is 2.33. The maximum atomic E-state index is 4.42. The lowest BCUT2D eigenvalue weighted by Gasteiger charge is -2.18. The van der Waals surface area contributed by atoms with Crippen LogP contribution < -0.4 is 5.32 Å². The maximum Gasteiger partial charge on any atom is 0.138 e. The zero-order valence-electron chi connectivity index (χ0n) is 12.9. The van der Waals surface area contributed by atoms with E-state index >= 15 is 0 Å². The molecule has 0 saturated carbocycles. The quantitative estimate of drug-likeness (QED) is 0.626. The van der Waals surface area contributed by atoms with Crippen LogP contribution >= 0.6 is 0 Å². The molecule has 1 N–H and O–H groups in total. The average Bonchev–Trinajstić information content (AvgIpc) is 2.84. The normalized spacial score (nSPS) is 12.8. The van der Waals surface area contributed by atoms with Crippen molar-refractivity contribution in [2.45, 2.75) is 78.3 Å². The minimum Gasteiger partial charge on any atom is -0.314 e. The van der Waals surface area contributed by atoms with Crippen LogP contribution in [0.4, 0.5) is 0 Å². The molecule has 110 valence electrons. The summed E-state index contributed by atoms with van der Waals surface area (Å²) in [6.07, 6.45) is 10.1. The van der Waals surface area contributed by atoms with Crippen molar-refractivity contribution >= 4 is 0 Å². The highest BCUT2D eigenvalue weighted by Gasteiger charge is 2.12. The van der Waals surface area contributed by atoms with Crippen LogP contribution in [0.3, 0.4) is 0 Å². The average molecular weight is 266 g/mol. The molecule has 0 saturated heterocycles. The second kappa shape index (κ2) is 9.96. The van der Waals surface area contributed by atoms with Crippen molar-refractivity contribution in [2.75, 3.05) is 6.54 Å². The number of hydrogen-bond donors (Lipinski definition) is 1. The molecule has 0 spiro atoms. The third-order valence-corrected chi connectivity index (χ3v) is 3.40. The minimum absolute atomic E-state index is 0.548. The number of hydrogen-bond acceptors (Lipinski definition) is 3. The van der Waals surface area contributed by atoms with Crippen molar-refractivity contribution < 1.29 is 0 Å². The highest BCUT2D eigenvalue weighted by Crippen LogP contribution is 2.09. The third kappa shape index (κ3) is 6.19. The van der Waals surface area contributed by atoms with Crippen molar-refractivity contribution in [2.24, 2.45) is 0 Å². The van der Waals surface area contributed by atoms with Gasteiger partial charge in [-0.3, -0.25) is 4.68 Å². The van der Waals surface area contributed by atoms with Gasteiger partial charge in [0.2, 0.25) is 0 Å². The lowest BCUT2D eigenvalue weighted by atomic mass is 10.0. The Bertz CT molecular complexity index is 322. The summed E-state index contributed by atoms with van der Waals surface area (Å²) >= 11 is 0. The number of unbranched alkanes of at least 4 members (excludes halogenated alkanes) is 2. The van der Waals surface area contributed by atoms with Gasteiger partial charge in [-0.2, -0.15) is 5.10 Å². The van der Waals surface area contributed by atoms with Gasteiger partial charge in [-0.25, -0.2) is 4.98 Å². The van der Waals surface area contributed by atoms with Gasteiger partial charge in [-0.05, 0) is 25.8 Å². The summed E-state index contributed by atoms with van der Waals surface area (Å²) in [5.41, 5.74) is 0. The van der Waals surface area contributed by atoms with Crippen LogP contribution in [0.25, 0.3) is 0 Å². The van der Waals surface area contributed by atoms with Crippen molar-refractivity contribution in [1.29, 1.82) is 0 Å². The fourth-order valence-electron chi connectivity index (χ4n) is 2.33. The van der Waals surface area contributed by atoms with E-state index in [0.29, 0.717) is 6.04 Å². The van der Waals surface area contributed by atoms with Gasteiger partial charge in [0.05, 0.1) is 0 Å². The first kappa shape index (κ1) is 16.2. The Morgan fingerprint density at radius 3 is 2.68 bits per heavy atom. The SMILES string of the molecule is CCCCCC(Cc1ncnn1CCC)NCCC. The molecule has 0 aliphatic heterocycles. The van der Waals surface area contributed by atoms with Gasteiger partial charge in [0.25, 0.3) is 0 Å². The van der Waals surface area contributed by atoms with Crippen LogP contribution in [0.2, 0.25) is 0 Å². The highest BCUT2D eigenvalue weighted by atomic mass is 15.3. The lowest BCUT2D eigenvalue weighted by Crippen LogP contribution is -2.33. The molecule has 1 aromatic rings. The Kier molecular flexibility index (Phi) is 8.47. The molecule has 0 aliphatic carbocycles. The van der Waals surface area contributed by atoms with Crippen LogP contribution in [-0.2, 0) is 13.0 Å². The van der Waals surface area contributed by atoms with Crippen LogP contribution in [0, 0.1) is 0 Å². The number of aryl methyl sites for hydroxylation is 1. The second-order valence-electron chi connectivity index (χ2n) is 5.25. The Morgan fingerprint density at radius 1 is 1.16 bits per heavy atom. The van der Waals surface area contributed by atoms with Gasteiger partial charge >= 0.3 is 0 Å². The lowest BCUT2D eigenvalue weighted by molar-refractivity contribution is 0.435. The number of nitrogens with zero attached hydrogens (tertiary/aromatic N) is 3. The van der Waals surface area contributed by atoms with E-state index in [9.17, 15) is 0 Å². The Hall–Kier alpha value is -0.900. The molecule has 0 aliphatic rings.